The predicted octanol–water partition coefficient (Wildman–Crippen LogP) is 3.06. The maximum atomic E-state index is 5.45. The number of aryl methyl sites for hydroxylation is 2. The maximum Gasteiger partial charge on any atom is 0.0594 e. The molecule has 1 aliphatic rings. The summed E-state index contributed by atoms with van der Waals surface area (Å²) in [4.78, 5) is 2.52. The Hall–Kier alpha value is -0.900. The summed E-state index contributed by atoms with van der Waals surface area (Å²) in [5, 5.41) is 3.70. The van der Waals surface area contributed by atoms with E-state index in [1.54, 1.807) is 0 Å². The molecule has 3 nitrogen and oxygen atoms in total. The Balaban J connectivity index is 1.92. The fourth-order valence-corrected chi connectivity index (χ4v) is 2.84. The second-order valence-electron chi connectivity index (χ2n) is 6.86. The van der Waals surface area contributed by atoms with Gasteiger partial charge >= 0.3 is 0 Å². The van der Waals surface area contributed by atoms with Gasteiger partial charge in [-0.1, -0.05) is 18.2 Å². The number of rotatable bonds is 5. The highest BCUT2D eigenvalue weighted by atomic mass is 16.5. The smallest absolute Gasteiger partial charge is 0.0594 e. The molecule has 3 heteroatoms. The third kappa shape index (κ3) is 4.29. The first-order chi connectivity index (χ1) is 9.90. The minimum atomic E-state index is 0.164. The van der Waals surface area contributed by atoms with E-state index in [1.165, 1.54) is 16.7 Å². The van der Waals surface area contributed by atoms with Gasteiger partial charge in [-0.3, -0.25) is 4.90 Å². The van der Waals surface area contributed by atoms with Crippen LogP contribution in [0.2, 0.25) is 0 Å². The van der Waals surface area contributed by atoms with Crippen molar-refractivity contribution in [2.24, 2.45) is 0 Å². The van der Waals surface area contributed by atoms with Gasteiger partial charge in [-0.15, -0.1) is 0 Å². The molecule has 1 fully saturated rings. The summed E-state index contributed by atoms with van der Waals surface area (Å²) in [7, 11) is 0. The van der Waals surface area contributed by atoms with E-state index < -0.39 is 0 Å². The lowest BCUT2D eigenvalue weighted by molar-refractivity contribution is -0.0102. The number of benzene rings is 1. The molecule has 1 heterocycles. The van der Waals surface area contributed by atoms with Crippen LogP contribution >= 0.6 is 0 Å². The van der Waals surface area contributed by atoms with Gasteiger partial charge in [0.05, 0.1) is 13.2 Å². The van der Waals surface area contributed by atoms with Crippen LogP contribution in [0.5, 0.6) is 0 Å². The number of nitrogens with one attached hydrogen (secondary N) is 1. The molecule has 0 spiro atoms. The number of hydrogen-bond donors (Lipinski definition) is 1. The van der Waals surface area contributed by atoms with Gasteiger partial charge in [0.15, 0.2) is 0 Å². The van der Waals surface area contributed by atoms with Crippen molar-refractivity contribution in [2.75, 3.05) is 32.8 Å². The van der Waals surface area contributed by atoms with Crippen molar-refractivity contribution in [1.82, 2.24) is 10.2 Å². The highest BCUT2D eigenvalue weighted by Gasteiger charge is 2.28. The Morgan fingerprint density at radius 2 is 1.86 bits per heavy atom. The fraction of sp³-hybridized carbons (Fsp3) is 0.667. The molecule has 118 valence electrons. The summed E-state index contributed by atoms with van der Waals surface area (Å²) in [6.07, 6.45) is 0. The van der Waals surface area contributed by atoms with Gasteiger partial charge in [0, 0.05) is 31.2 Å². The van der Waals surface area contributed by atoms with Gasteiger partial charge in [-0.25, -0.2) is 0 Å². The molecule has 1 aliphatic heterocycles. The summed E-state index contributed by atoms with van der Waals surface area (Å²) >= 11 is 0. The first kappa shape index (κ1) is 16.5. The van der Waals surface area contributed by atoms with Gasteiger partial charge in [0.2, 0.25) is 0 Å². The molecule has 0 aromatic heterocycles. The Bertz CT molecular complexity index is 464. The van der Waals surface area contributed by atoms with Crippen molar-refractivity contribution in [3.63, 3.8) is 0 Å². The molecule has 0 saturated carbocycles. The maximum absolute atomic E-state index is 5.45. The molecule has 1 aromatic rings. The molecule has 0 amide bonds. The second-order valence-corrected chi connectivity index (χ2v) is 6.86. The largest absolute Gasteiger partial charge is 0.379 e. The highest BCUT2D eigenvalue weighted by Crippen LogP contribution is 2.20. The molecule has 0 aliphatic carbocycles. The number of hydrogen-bond acceptors (Lipinski definition) is 3. The second kappa shape index (κ2) is 6.91. The molecule has 1 aromatic carbocycles. The Labute approximate surface area is 129 Å². The number of ether oxygens (including phenoxy) is 1. The molecule has 0 radical (unpaired) electrons. The van der Waals surface area contributed by atoms with E-state index in [4.69, 9.17) is 4.74 Å². The van der Waals surface area contributed by atoms with Crippen molar-refractivity contribution in [3.05, 3.63) is 34.9 Å². The molecule has 0 bridgehead atoms. The molecule has 1 saturated heterocycles. The Kier molecular flexibility index (Phi) is 5.42. The van der Waals surface area contributed by atoms with E-state index in [9.17, 15) is 0 Å². The van der Waals surface area contributed by atoms with Crippen LogP contribution in [0.3, 0.4) is 0 Å². The van der Waals surface area contributed by atoms with E-state index in [0.29, 0.717) is 6.04 Å². The molecule has 1 atom stereocenters. The Morgan fingerprint density at radius 3 is 2.48 bits per heavy atom. The van der Waals surface area contributed by atoms with Crippen LogP contribution in [0.1, 0.15) is 43.5 Å². The molecule has 2 rings (SSSR count). The van der Waals surface area contributed by atoms with Gasteiger partial charge in [0.1, 0.15) is 0 Å². The first-order valence-electron chi connectivity index (χ1n) is 8.03. The van der Waals surface area contributed by atoms with Gasteiger partial charge in [0.25, 0.3) is 0 Å². The first-order valence-corrected chi connectivity index (χ1v) is 8.03. The average Bonchev–Trinajstić information content (AvgIpc) is 2.48. The van der Waals surface area contributed by atoms with Crippen LogP contribution in [0, 0.1) is 13.8 Å². The summed E-state index contributed by atoms with van der Waals surface area (Å²) in [5.74, 6) is 0. The van der Waals surface area contributed by atoms with Crippen molar-refractivity contribution < 1.29 is 4.74 Å². The summed E-state index contributed by atoms with van der Waals surface area (Å²) in [6.45, 7) is 16.0. The predicted molar refractivity (Wildman–Crippen MR) is 88.8 cm³/mol. The van der Waals surface area contributed by atoms with Crippen LogP contribution in [0.15, 0.2) is 18.2 Å². The van der Waals surface area contributed by atoms with E-state index in [0.717, 1.165) is 32.8 Å². The highest BCUT2D eigenvalue weighted by molar-refractivity contribution is 5.31. The average molecular weight is 290 g/mol. The Morgan fingerprint density at radius 1 is 1.19 bits per heavy atom. The van der Waals surface area contributed by atoms with Gasteiger partial charge < -0.3 is 10.1 Å². The molecule has 1 unspecified atom stereocenters. The lowest BCUT2D eigenvalue weighted by atomic mass is 9.99. The van der Waals surface area contributed by atoms with E-state index in [1.807, 2.05) is 0 Å². The summed E-state index contributed by atoms with van der Waals surface area (Å²) < 4.78 is 5.45. The SMILES string of the molecule is Cc1ccc(C(C)NCC(C)(C)N2CCOCC2)cc1C. The topological polar surface area (TPSA) is 24.5 Å². The quantitative estimate of drug-likeness (QED) is 0.902. The number of nitrogens with zero attached hydrogens (tertiary/aromatic N) is 1. The fourth-order valence-electron chi connectivity index (χ4n) is 2.84. The molecule has 21 heavy (non-hydrogen) atoms. The zero-order valence-electron chi connectivity index (χ0n) is 14.2. The molecular weight excluding hydrogens is 260 g/mol. The van der Waals surface area contributed by atoms with E-state index in [-0.39, 0.29) is 5.54 Å². The van der Waals surface area contributed by atoms with Crippen LogP contribution in [-0.2, 0) is 4.74 Å². The minimum Gasteiger partial charge on any atom is -0.379 e. The lowest BCUT2D eigenvalue weighted by Crippen LogP contribution is -2.54. The van der Waals surface area contributed by atoms with Crippen LogP contribution in [0.4, 0.5) is 0 Å². The van der Waals surface area contributed by atoms with Crippen molar-refractivity contribution in [1.29, 1.82) is 0 Å². The molecule has 1 N–H and O–H groups in total. The standard InChI is InChI=1S/C18H30N2O/c1-14-6-7-17(12-15(14)2)16(3)19-13-18(4,5)20-8-10-21-11-9-20/h6-7,12,16,19H,8-11,13H2,1-5H3. The molecular formula is C18H30N2O. The van der Waals surface area contributed by atoms with Gasteiger partial charge in [-0.2, -0.15) is 0 Å². The summed E-state index contributed by atoms with van der Waals surface area (Å²) in [6, 6.07) is 7.14. The van der Waals surface area contributed by atoms with E-state index in [2.05, 4.69) is 63.0 Å². The van der Waals surface area contributed by atoms with Crippen molar-refractivity contribution in [2.45, 2.75) is 46.2 Å². The summed E-state index contributed by atoms with van der Waals surface area (Å²) in [5.41, 5.74) is 4.27. The lowest BCUT2D eigenvalue weighted by Gasteiger charge is -2.41. The zero-order valence-corrected chi connectivity index (χ0v) is 14.2. The third-order valence-corrected chi connectivity index (χ3v) is 4.74. The monoisotopic (exact) mass is 290 g/mol. The van der Waals surface area contributed by atoms with E-state index >= 15 is 0 Å². The van der Waals surface area contributed by atoms with Crippen LogP contribution in [0.25, 0.3) is 0 Å². The number of morpholine rings is 1. The van der Waals surface area contributed by atoms with Gasteiger partial charge in [-0.05, 0) is 51.3 Å². The van der Waals surface area contributed by atoms with Crippen molar-refractivity contribution >= 4 is 0 Å². The van der Waals surface area contributed by atoms with Crippen molar-refractivity contribution in [3.8, 4) is 0 Å². The minimum absolute atomic E-state index is 0.164. The van der Waals surface area contributed by atoms with Crippen LogP contribution < -0.4 is 5.32 Å². The van der Waals surface area contributed by atoms with Crippen LogP contribution in [-0.4, -0.2) is 43.3 Å². The zero-order chi connectivity index (χ0) is 15.5. The normalized spacial score (nSPS) is 18.7. The third-order valence-electron chi connectivity index (χ3n) is 4.74.